The number of hydrogen-bond donors (Lipinski definition) is 2. The maximum absolute atomic E-state index is 12.0. The van der Waals surface area contributed by atoms with Crippen molar-refractivity contribution in [2.24, 2.45) is 0 Å². The molecule has 1 aliphatic rings. The number of amides is 1. The Labute approximate surface area is 120 Å². The fourth-order valence-corrected chi connectivity index (χ4v) is 2.69. The highest BCUT2D eigenvalue weighted by atomic mass is 16.5. The molecule has 1 aliphatic carbocycles. The molecule has 2 N–H and O–H groups in total. The number of para-hydroxylation sites is 1. The Morgan fingerprint density at radius 3 is 2.55 bits per heavy atom. The molecule has 1 aromatic carbocycles. The number of hydrogen-bond acceptors (Lipinski definition) is 3. The van der Waals surface area contributed by atoms with Crippen LogP contribution >= 0.6 is 0 Å². The smallest absolute Gasteiger partial charge is 0.223 e. The number of aliphatic hydroxyl groups is 1. The van der Waals surface area contributed by atoms with Crippen LogP contribution in [0.4, 0.5) is 0 Å². The van der Waals surface area contributed by atoms with E-state index in [0.29, 0.717) is 13.0 Å². The van der Waals surface area contributed by atoms with Gasteiger partial charge in [-0.3, -0.25) is 4.79 Å². The van der Waals surface area contributed by atoms with Crippen LogP contribution in [0.15, 0.2) is 30.3 Å². The first-order valence-electron chi connectivity index (χ1n) is 7.34. The molecule has 0 spiro atoms. The van der Waals surface area contributed by atoms with E-state index in [1.807, 2.05) is 30.3 Å². The zero-order valence-corrected chi connectivity index (χ0v) is 11.8. The molecular weight excluding hydrogens is 254 g/mol. The van der Waals surface area contributed by atoms with E-state index in [-0.39, 0.29) is 12.5 Å². The van der Waals surface area contributed by atoms with E-state index >= 15 is 0 Å². The normalized spacial score (nSPS) is 17.4. The Morgan fingerprint density at radius 2 is 1.90 bits per heavy atom. The van der Waals surface area contributed by atoms with Crippen LogP contribution in [-0.4, -0.2) is 29.8 Å². The van der Waals surface area contributed by atoms with Crippen LogP contribution < -0.4 is 10.1 Å². The van der Waals surface area contributed by atoms with E-state index < -0.39 is 5.54 Å². The molecule has 4 nitrogen and oxygen atoms in total. The zero-order chi connectivity index (χ0) is 14.3. The fraction of sp³-hybridized carbons (Fsp3) is 0.562. The third-order valence-corrected chi connectivity index (χ3v) is 3.86. The molecule has 0 aromatic heterocycles. The van der Waals surface area contributed by atoms with Gasteiger partial charge in [-0.2, -0.15) is 0 Å². The summed E-state index contributed by atoms with van der Waals surface area (Å²) in [6.45, 7) is 0.385. The van der Waals surface area contributed by atoms with Gasteiger partial charge >= 0.3 is 0 Å². The molecular formula is C16H23NO3. The highest BCUT2D eigenvalue weighted by molar-refractivity contribution is 5.77. The Kier molecular flexibility index (Phi) is 5.41. The van der Waals surface area contributed by atoms with E-state index in [9.17, 15) is 9.90 Å². The van der Waals surface area contributed by atoms with Crippen molar-refractivity contribution in [3.63, 3.8) is 0 Å². The third-order valence-electron chi connectivity index (χ3n) is 3.86. The number of carbonyl (C=O) groups excluding carboxylic acids is 1. The van der Waals surface area contributed by atoms with Gasteiger partial charge in [0.05, 0.1) is 25.2 Å². The summed E-state index contributed by atoms with van der Waals surface area (Å²) in [6.07, 6.45) is 5.39. The Hall–Kier alpha value is -1.55. The number of benzene rings is 1. The van der Waals surface area contributed by atoms with Crippen molar-refractivity contribution in [3.05, 3.63) is 30.3 Å². The summed E-state index contributed by atoms with van der Waals surface area (Å²) in [5.41, 5.74) is -0.401. The molecule has 1 fully saturated rings. The Balaban J connectivity index is 1.74. The zero-order valence-electron chi connectivity index (χ0n) is 11.8. The molecule has 1 amide bonds. The Bertz CT molecular complexity index is 413. The molecule has 1 saturated carbocycles. The van der Waals surface area contributed by atoms with Crippen molar-refractivity contribution in [1.82, 2.24) is 5.32 Å². The molecule has 0 radical (unpaired) electrons. The highest BCUT2D eigenvalue weighted by Crippen LogP contribution is 2.27. The average molecular weight is 277 g/mol. The molecule has 20 heavy (non-hydrogen) atoms. The minimum atomic E-state index is -0.401. The summed E-state index contributed by atoms with van der Waals surface area (Å²) in [6, 6.07) is 9.46. The van der Waals surface area contributed by atoms with Crippen molar-refractivity contribution in [1.29, 1.82) is 0 Å². The van der Waals surface area contributed by atoms with Crippen LogP contribution in [-0.2, 0) is 4.79 Å². The van der Waals surface area contributed by atoms with Gasteiger partial charge in [-0.25, -0.2) is 0 Å². The molecule has 0 saturated heterocycles. The lowest BCUT2D eigenvalue weighted by Gasteiger charge is -2.36. The number of aliphatic hydroxyl groups excluding tert-OH is 1. The summed E-state index contributed by atoms with van der Waals surface area (Å²) in [5.74, 6) is 0.728. The van der Waals surface area contributed by atoms with Gasteiger partial charge in [0.15, 0.2) is 0 Å². The van der Waals surface area contributed by atoms with Crippen LogP contribution in [0.25, 0.3) is 0 Å². The van der Waals surface area contributed by atoms with Crippen molar-refractivity contribution in [2.75, 3.05) is 13.2 Å². The second-order valence-corrected chi connectivity index (χ2v) is 5.46. The molecule has 0 aliphatic heterocycles. The van der Waals surface area contributed by atoms with Crippen molar-refractivity contribution in [2.45, 2.75) is 44.1 Å². The van der Waals surface area contributed by atoms with Gasteiger partial charge in [-0.1, -0.05) is 37.5 Å². The Morgan fingerprint density at radius 1 is 1.20 bits per heavy atom. The standard InChI is InChI=1S/C16H23NO3/c18-13-16(10-5-2-6-11-16)17-15(19)9-12-20-14-7-3-1-4-8-14/h1,3-4,7-8,18H,2,5-6,9-13H2,(H,17,19). The average Bonchev–Trinajstić information content (AvgIpc) is 2.49. The first-order valence-corrected chi connectivity index (χ1v) is 7.34. The molecule has 110 valence electrons. The predicted octanol–water partition coefficient (Wildman–Crippen LogP) is 2.27. The van der Waals surface area contributed by atoms with Gasteiger partial charge < -0.3 is 15.2 Å². The highest BCUT2D eigenvalue weighted by Gasteiger charge is 2.32. The lowest BCUT2D eigenvalue weighted by Crippen LogP contribution is -2.52. The van der Waals surface area contributed by atoms with Crippen molar-refractivity contribution in [3.8, 4) is 5.75 Å². The van der Waals surface area contributed by atoms with Gasteiger partial charge in [0.25, 0.3) is 0 Å². The van der Waals surface area contributed by atoms with Crippen molar-refractivity contribution >= 4 is 5.91 Å². The van der Waals surface area contributed by atoms with Crippen LogP contribution in [0.2, 0.25) is 0 Å². The van der Waals surface area contributed by atoms with Crippen LogP contribution in [0, 0.1) is 0 Å². The van der Waals surface area contributed by atoms with E-state index in [4.69, 9.17) is 4.74 Å². The quantitative estimate of drug-likeness (QED) is 0.838. The van der Waals surface area contributed by atoms with Gasteiger partial charge in [0.1, 0.15) is 5.75 Å². The van der Waals surface area contributed by atoms with Gasteiger partial charge in [-0.05, 0) is 25.0 Å². The maximum atomic E-state index is 12.0. The van der Waals surface area contributed by atoms with E-state index in [1.54, 1.807) is 0 Å². The van der Waals surface area contributed by atoms with Crippen molar-refractivity contribution < 1.29 is 14.6 Å². The molecule has 0 unspecified atom stereocenters. The first-order chi connectivity index (χ1) is 9.74. The summed E-state index contributed by atoms with van der Waals surface area (Å²) in [4.78, 5) is 12.0. The fourth-order valence-electron chi connectivity index (χ4n) is 2.69. The second-order valence-electron chi connectivity index (χ2n) is 5.46. The first kappa shape index (κ1) is 14.9. The number of nitrogens with one attached hydrogen (secondary N) is 1. The second kappa shape index (κ2) is 7.29. The lowest BCUT2D eigenvalue weighted by molar-refractivity contribution is -0.124. The summed E-state index contributed by atoms with van der Waals surface area (Å²) < 4.78 is 5.51. The monoisotopic (exact) mass is 277 g/mol. The largest absolute Gasteiger partial charge is 0.493 e. The minimum absolute atomic E-state index is 0.0261. The van der Waals surface area contributed by atoms with Crippen LogP contribution in [0.5, 0.6) is 5.75 Å². The van der Waals surface area contributed by atoms with Gasteiger partial charge in [-0.15, -0.1) is 0 Å². The molecule has 1 aromatic rings. The lowest BCUT2D eigenvalue weighted by atomic mass is 9.82. The SMILES string of the molecule is O=C(CCOc1ccccc1)NC1(CO)CCCCC1. The number of carbonyl (C=O) groups is 1. The van der Waals surface area contributed by atoms with E-state index in [1.165, 1.54) is 6.42 Å². The topological polar surface area (TPSA) is 58.6 Å². The molecule has 0 atom stereocenters. The van der Waals surface area contributed by atoms with Crippen LogP contribution in [0.3, 0.4) is 0 Å². The predicted molar refractivity (Wildman–Crippen MR) is 77.6 cm³/mol. The summed E-state index contributed by atoms with van der Waals surface area (Å²) in [7, 11) is 0. The van der Waals surface area contributed by atoms with Gasteiger partial charge in [0, 0.05) is 0 Å². The van der Waals surface area contributed by atoms with E-state index in [0.717, 1.165) is 31.4 Å². The van der Waals surface area contributed by atoms with Crippen LogP contribution in [0.1, 0.15) is 38.5 Å². The number of rotatable bonds is 6. The molecule has 0 heterocycles. The summed E-state index contributed by atoms with van der Waals surface area (Å²) in [5, 5.41) is 12.5. The molecule has 4 heteroatoms. The van der Waals surface area contributed by atoms with E-state index in [2.05, 4.69) is 5.32 Å². The molecule has 0 bridgehead atoms. The third kappa shape index (κ3) is 4.23. The minimum Gasteiger partial charge on any atom is -0.493 e. The van der Waals surface area contributed by atoms with Gasteiger partial charge in [0.2, 0.25) is 5.91 Å². The summed E-state index contributed by atoms with van der Waals surface area (Å²) >= 11 is 0. The maximum Gasteiger partial charge on any atom is 0.223 e. The number of ether oxygens (including phenoxy) is 1. The molecule has 2 rings (SSSR count).